The van der Waals surface area contributed by atoms with Crippen molar-refractivity contribution in [1.29, 1.82) is 0 Å². The summed E-state index contributed by atoms with van der Waals surface area (Å²) in [5.41, 5.74) is 5.01. The molecule has 0 aromatic heterocycles. The van der Waals surface area contributed by atoms with Crippen LogP contribution in [-0.4, -0.2) is 35.0 Å². The summed E-state index contributed by atoms with van der Waals surface area (Å²) >= 11 is 16.7. The van der Waals surface area contributed by atoms with Crippen LogP contribution in [0.5, 0.6) is 0 Å². The summed E-state index contributed by atoms with van der Waals surface area (Å²) in [5, 5.41) is 2.32. The zero-order chi connectivity index (χ0) is 16.6. The number of amides is 3. The highest BCUT2D eigenvalue weighted by Crippen LogP contribution is 2.34. The van der Waals surface area contributed by atoms with Crippen molar-refractivity contribution in [2.24, 2.45) is 11.7 Å². The molecule has 0 atom stereocenters. The molecule has 3 amide bonds. The van der Waals surface area contributed by atoms with Crippen LogP contribution in [0, 0.1) is 5.92 Å². The second-order valence-corrected chi connectivity index (χ2v) is 9.04. The van der Waals surface area contributed by atoms with Gasteiger partial charge in [0, 0.05) is 5.70 Å². The third kappa shape index (κ3) is 4.38. The van der Waals surface area contributed by atoms with Gasteiger partial charge in [0.15, 0.2) is 0 Å². The first-order valence-corrected chi connectivity index (χ1v) is 8.35. The Morgan fingerprint density at radius 3 is 2.29 bits per heavy atom. The average Bonchev–Trinajstić information content (AvgIpc) is 2.20. The second-order valence-electron chi connectivity index (χ2n) is 4.70. The first-order valence-electron chi connectivity index (χ1n) is 5.78. The largest absolute Gasteiger partial charge is 0.369 e. The number of primary amides is 1. The summed E-state index contributed by atoms with van der Waals surface area (Å²) in [6, 6.07) is -0.998. The fraction of sp³-hybridized carbons (Fsp3) is 0.600. The Balaban J connectivity index is 3.39. The van der Waals surface area contributed by atoms with Crippen molar-refractivity contribution in [3.63, 3.8) is 0 Å². The van der Waals surface area contributed by atoms with Crippen LogP contribution in [0.3, 0.4) is 0 Å². The SMILES string of the molecule is CC(C)C1=C(CC(N)=O)NC(=O)N(CC(Cl)(Cl)Cl)S1(=O)=O. The Kier molecular flexibility index (Phi) is 5.41. The number of carbonyl (C=O) groups excluding carboxylic acids is 2. The van der Waals surface area contributed by atoms with Crippen LogP contribution in [0.15, 0.2) is 10.6 Å². The zero-order valence-corrected chi connectivity index (χ0v) is 14.3. The van der Waals surface area contributed by atoms with Crippen molar-refractivity contribution < 1.29 is 18.0 Å². The maximum atomic E-state index is 12.5. The van der Waals surface area contributed by atoms with Crippen LogP contribution >= 0.6 is 34.8 Å². The highest BCUT2D eigenvalue weighted by atomic mass is 35.6. The number of hydrogen-bond donors (Lipinski definition) is 2. The lowest BCUT2D eigenvalue weighted by atomic mass is 10.1. The molecule has 1 aliphatic heterocycles. The number of rotatable bonds is 4. The lowest BCUT2D eigenvalue weighted by Gasteiger charge is -2.33. The Bertz CT molecular complexity index is 595. The van der Waals surface area contributed by atoms with E-state index < -0.39 is 44.6 Å². The summed E-state index contributed by atoms with van der Waals surface area (Å²) in [5.74, 6) is -1.27. The fourth-order valence-electron chi connectivity index (χ4n) is 1.91. The number of allylic oxidation sites excluding steroid dienone is 1. The predicted octanol–water partition coefficient (Wildman–Crippen LogP) is 1.45. The fourth-order valence-corrected chi connectivity index (χ4v) is 4.37. The molecule has 0 saturated heterocycles. The van der Waals surface area contributed by atoms with Crippen molar-refractivity contribution >= 4 is 56.8 Å². The highest BCUT2D eigenvalue weighted by molar-refractivity contribution is 7.93. The molecule has 120 valence electrons. The minimum atomic E-state index is -4.20. The van der Waals surface area contributed by atoms with Gasteiger partial charge in [-0.15, -0.1) is 0 Å². The maximum Gasteiger partial charge on any atom is 0.335 e. The molecule has 1 rings (SSSR count). The van der Waals surface area contributed by atoms with Crippen molar-refractivity contribution in [3.05, 3.63) is 10.6 Å². The van der Waals surface area contributed by atoms with Gasteiger partial charge in [0.25, 0.3) is 10.0 Å². The number of carbonyl (C=O) groups is 2. The minimum absolute atomic E-state index is 0.0527. The molecule has 0 fully saturated rings. The summed E-state index contributed by atoms with van der Waals surface area (Å²) in [6.07, 6.45) is -0.403. The zero-order valence-electron chi connectivity index (χ0n) is 11.2. The number of nitrogens with one attached hydrogen (secondary N) is 1. The number of halogens is 3. The molecular weight excluding hydrogens is 365 g/mol. The van der Waals surface area contributed by atoms with E-state index in [0.29, 0.717) is 4.31 Å². The lowest BCUT2D eigenvalue weighted by Crippen LogP contribution is -2.52. The average molecular weight is 379 g/mol. The first-order chi connectivity index (χ1) is 9.36. The van der Waals surface area contributed by atoms with Gasteiger partial charge in [0.1, 0.15) is 0 Å². The molecule has 7 nitrogen and oxygen atoms in total. The van der Waals surface area contributed by atoms with E-state index in [1.807, 2.05) is 0 Å². The molecule has 21 heavy (non-hydrogen) atoms. The van der Waals surface area contributed by atoms with Crippen LogP contribution in [-0.2, 0) is 14.8 Å². The van der Waals surface area contributed by atoms with Gasteiger partial charge in [-0.3, -0.25) is 4.79 Å². The van der Waals surface area contributed by atoms with Crippen LogP contribution < -0.4 is 11.1 Å². The Morgan fingerprint density at radius 1 is 1.38 bits per heavy atom. The van der Waals surface area contributed by atoms with E-state index in [4.69, 9.17) is 40.5 Å². The molecular formula is C10H14Cl3N3O4S. The molecule has 0 radical (unpaired) electrons. The number of nitrogens with zero attached hydrogens (tertiary/aromatic N) is 1. The van der Waals surface area contributed by atoms with Crippen LogP contribution in [0.2, 0.25) is 0 Å². The van der Waals surface area contributed by atoms with Gasteiger partial charge >= 0.3 is 6.03 Å². The van der Waals surface area contributed by atoms with Gasteiger partial charge < -0.3 is 11.1 Å². The maximum absolute atomic E-state index is 12.5. The van der Waals surface area contributed by atoms with E-state index >= 15 is 0 Å². The van der Waals surface area contributed by atoms with Gasteiger partial charge in [-0.1, -0.05) is 48.7 Å². The molecule has 0 aromatic rings. The van der Waals surface area contributed by atoms with Crippen molar-refractivity contribution in [2.45, 2.75) is 24.1 Å². The monoisotopic (exact) mass is 377 g/mol. The number of hydrogen-bond acceptors (Lipinski definition) is 4. The number of sulfonamides is 1. The smallest absolute Gasteiger partial charge is 0.335 e. The van der Waals surface area contributed by atoms with E-state index in [9.17, 15) is 18.0 Å². The summed E-state index contributed by atoms with van der Waals surface area (Å²) in [7, 11) is -4.20. The van der Waals surface area contributed by atoms with E-state index in [-0.39, 0.29) is 10.6 Å². The topological polar surface area (TPSA) is 110 Å². The Morgan fingerprint density at radius 2 is 1.90 bits per heavy atom. The van der Waals surface area contributed by atoms with Crippen molar-refractivity contribution in [2.75, 3.05) is 6.54 Å². The standard InChI is InChI=1S/C10H14Cl3N3O4S/c1-5(2)8-6(3-7(14)17)15-9(18)16(21(8,19)20)4-10(11,12)13/h5H,3-4H2,1-2H3,(H2,14,17)(H,15,18). The first kappa shape index (κ1) is 18.3. The third-order valence-corrected chi connectivity index (χ3v) is 5.06. The van der Waals surface area contributed by atoms with Gasteiger partial charge in [0.05, 0.1) is 17.9 Å². The summed E-state index contributed by atoms with van der Waals surface area (Å²) < 4.78 is 23.5. The quantitative estimate of drug-likeness (QED) is 0.721. The number of nitrogens with two attached hydrogens (primary N) is 1. The van der Waals surface area contributed by atoms with E-state index in [2.05, 4.69) is 5.32 Å². The number of alkyl halides is 3. The molecule has 0 aromatic carbocycles. The van der Waals surface area contributed by atoms with Crippen LogP contribution in [0.1, 0.15) is 20.3 Å². The predicted molar refractivity (Wildman–Crippen MR) is 80.1 cm³/mol. The van der Waals surface area contributed by atoms with Gasteiger partial charge in [-0.05, 0) is 5.92 Å². The molecule has 0 bridgehead atoms. The lowest BCUT2D eigenvalue weighted by molar-refractivity contribution is -0.117. The van der Waals surface area contributed by atoms with E-state index in [1.165, 1.54) is 0 Å². The molecule has 0 unspecified atom stereocenters. The molecule has 0 saturated carbocycles. The molecule has 0 aliphatic carbocycles. The molecule has 1 heterocycles. The third-order valence-electron chi connectivity index (χ3n) is 2.55. The normalized spacial score (nSPS) is 19.0. The second kappa shape index (κ2) is 6.20. The number of urea groups is 1. The van der Waals surface area contributed by atoms with Gasteiger partial charge in [-0.2, -0.15) is 0 Å². The minimum Gasteiger partial charge on any atom is -0.369 e. The molecule has 11 heteroatoms. The molecule has 1 aliphatic rings. The summed E-state index contributed by atoms with van der Waals surface area (Å²) in [6.45, 7) is 2.55. The molecule has 0 spiro atoms. The van der Waals surface area contributed by atoms with Crippen molar-refractivity contribution in [1.82, 2.24) is 9.62 Å². The Labute approximate surface area is 137 Å². The van der Waals surface area contributed by atoms with Crippen LogP contribution in [0.25, 0.3) is 0 Å². The van der Waals surface area contributed by atoms with Crippen LogP contribution in [0.4, 0.5) is 4.79 Å². The van der Waals surface area contributed by atoms with Gasteiger partial charge in [0.2, 0.25) is 9.70 Å². The Hall–Kier alpha value is -0.700. The highest BCUT2D eigenvalue weighted by Gasteiger charge is 2.43. The molecule has 3 N–H and O–H groups in total. The van der Waals surface area contributed by atoms with Crippen molar-refractivity contribution in [3.8, 4) is 0 Å². The van der Waals surface area contributed by atoms with E-state index in [1.54, 1.807) is 13.8 Å². The van der Waals surface area contributed by atoms with Gasteiger partial charge in [-0.25, -0.2) is 17.5 Å². The van der Waals surface area contributed by atoms with E-state index in [0.717, 1.165) is 0 Å². The summed E-state index contributed by atoms with van der Waals surface area (Å²) in [4.78, 5) is 22.8.